The molecule has 142 valence electrons. The van der Waals surface area contributed by atoms with Gasteiger partial charge in [0.15, 0.2) is 15.0 Å². The number of halogens is 2. The van der Waals surface area contributed by atoms with Crippen molar-refractivity contribution < 1.29 is 22.0 Å². The molecule has 2 aromatic carbocycles. The monoisotopic (exact) mass is 410 g/mol. The van der Waals surface area contributed by atoms with Gasteiger partial charge < -0.3 is 5.32 Å². The van der Waals surface area contributed by atoms with Gasteiger partial charge in [-0.25, -0.2) is 22.2 Å². The molecule has 1 amide bonds. The second kappa shape index (κ2) is 7.32. The van der Waals surface area contributed by atoms with Crippen LogP contribution in [0.2, 0.25) is 0 Å². The van der Waals surface area contributed by atoms with Gasteiger partial charge in [0.1, 0.15) is 11.6 Å². The largest absolute Gasteiger partial charge is 0.302 e. The van der Waals surface area contributed by atoms with Gasteiger partial charge in [0.2, 0.25) is 5.91 Å². The first-order valence-corrected chi connectivity index (χ1v) is 10.7. The van der Waals surface area contributed by atoms with Gasteiger partial charge in [0, 0.05) is 18.7 Å². The van der Waals surface area contributed by atoms with Crippen LogP contribution in [0.3, 0.4) is 0 Å². The zero-order chi connectivity index (χ0) is 19.8. The van der Waals surface area contributed by atoms with Crippen molar-refractivity contribution in [2.45, 2.75) is 24.2 Å². The molecule has 1 aromatic heterocycles. The van der Waals surface area contributed by atoms with Crippen LogP contribution < -0.4 is 5.32 Å². The number of hydrogen-bond donors (Lipinski definition) is 1. The van der Waals surface area contributed by atoms with Gasteiger partial charge in [0.25, 0.3) is 0 Å². The average Bonchev–Trinajstić information content (AvgIpc) is 2.94. The summed E-state index contributed by atoms with van der Waals surface area (Å²) in [5, 5.41) is 2.97. The number of fused-ring (bicyclic) bond motifs is 1. The Morgan fingerprint density at radius 3 is 2.63 bits per heavy atom. The lowest BCUT2D eigenvalue weighted by molar-refractivity contribution is -0.116. The van der Waals surface area contributed by atoms with Gasteiger partial charge in [-0.3, -0.25) is 4.79 Å². The van der Waals surface area contributed by atoms with Crippen LogP contribution in [0, 0.1) is 11.6 Å². The fourth-order valence-corrected chi connectivity index (χ4v) is 4.29. The molecule has 0 aliphatic heterocycles. The van der Waals surface area contributed by atoms with E-state index < -0.39 is 27.4 Å². The highest BCUT2D eigenvalue weighted by atomic mass is 32.2. The summed E-state index contributed by atoms with van der Waals surface area (Å²) in [6.45, 7) is 1.67. The minimum Gasteiger partial charge on any atom is -0.302 e. The van der Waals surface area contributed by atoms with E-state index in [4.69, 9.17) is 0 Å². The summed E-state index contributed by atoms with van der Waals surface area (Å²) in [6, 6.07) is 7.81. The maximum absolute atomic E-state index is 13.8. The smallest absolute Gasteiger partial charge is 0.226 e. The van der Waals surface area contributed by atoms with Crippen LogP contribution in [0.15, 0.2) is 41.3 Å². The summed E-state index contributed by atoms with van der Waals surface area (Å²) in [5.41, 5.74) is 0.828. The molecule has 0 spiro atoms. The highest BCUT2D eigenvalue weighted by molar-refractivity contribution is 7.90. The average molecular weight is 410 g/mol. The van der Waals surface area contributed by atoms with E-state index in [0.717, 1.165) is 29.7 Å². The molecule has 0 aliphatic rings. The molecule has 1 atom stereocenters. The zero-order valence-corrected chi connectivity index (χ0v) is 16.1. The van der Waals surface area contributed by atoms with E-state index in [1.165, 1.54) is 18.2 Å². The predicted molar refractivity (Wildman–Crippen MR) is 101 cm³/mol. The highest BCUT2D eigenvalue weighted by Crippen LogP contribution is 2.29. The predicted octanol–water partition coefficient (Wildman–Crippen LogP) is 4.11. The summed E-state index contributed by atoms with van der Waals surface area (Å²) in [6.07, 6.45) is 1.11. The van der Waals surface area contributed by atoms with Crippen LogP contribution >= 0.6 is 11.3 Å². The van der Waals surface area contributed by atoms with Crippen LogP contribution in [0.1, 0.15) is 24.8 Å². The van der Waals surface area contributed by atoms with E-state index in [9.17, 15) is 22.0 Å². The Bertz CT molecular complexity index is 1130. The standard InChI is InChI=1S/C18H16F2N2O3S2/c1-10(13-5-3-11(19)8-14(13)20)7-17(23)22-18-21-15-6-4-12(27(2,24)25)9-16(15)26-18/h3-6,8-10H,7H2,1-2H3,(H,21,22,23). The summed E-state index contributed by atoms with van der Waals surface area (Å²) in [7, 11) is -3.33. The van der Waals surface area contributed by atoms with Crippen molar-refractivity contribution in [3.05, 3.63) is 53.6 Å². The molecular formula is C18H16F2N2O3S2. The molecule has 0 fully saturated rings. The summed E-state index contributed by atoms with van der Waals surface area (Å²) in [4.78, 5) is 16.7. The molecule has 27 heavy (non-hydrogen) atoms. The Balaban J connectivity index is 1.73. The summed E-state index contributed by atoms with van der Waals surface area (Å²) >= 11 is 1.15. The Morgan fingerprint density at radius 2 is 1.96 bits per heavy atom. The second-order valence-electron chi connectivity index (χ2n) is 6.24. The number of carbonyl (C=O) groups is 1. The molecule has 0 bridgehead atoms. The van der Waals surface area contributed by atoms with E-state index in [-0.39, 0.29) is 22.8 Å². The molecule has 1 heterocycles. The number of rotatable bonds is 5. The normalized spacial score (nSPS) is 12.9. The number of aromatic nitrogens is 1. The second-order valence-corrected chi connectivity index (χ2v) is 9.29. The minimum absolute atomic E-state index is 0.00688. The minimum atomic E-state index is -3.33. The molecule has 5 nitrogen and oxygen atoms in total. The SMILES string of the molecule is CC(CC(=O)Nc1nc2ccc(S(C)(=O)=O)cc2s1)c1ccc(F)cc1F. The van der Waals surface area contributed by atoms with E-state index in [2.05, 4.69) is 10.3 Å². The number of benzene rings is 2. The van der Waals surface area contributed by atoms with Crippen molar-refractivity contribution >= 4 is 42.4 Å². The summed E-state index contributed by atoms with van der Waals surface area (Å²) in [5.74, 6) is -2.18. The molecule has 3 rings (SSSR count). The number of carbonyl (C=O) groups excluding carboxylic acids is 1. The van der Waals surface area contributed by atoms with E-state index in [1.54, 1.807) is 13.0 Å². The number of amides is 1. The molecule has 1 unspecified atom stereocenters. The Labute approximate surface area is 159 Å². The lowest BCUT2D eigenvalue weighted by Gasteiger charge is -2.12. The lowest BCUT2D eigenvalue weighted by atomic mass is 9.97. The highest BCUT2D eigenvalue weighted by Gasteiger charge is 2.17. The van der Waals surface area contributed by atoms with Crippen molar-refractivity contribution in [3.8, 4) is 0 Å². The van der Waals surface area contributed by atoms with E-state index >= 15 is 0 Å². The van der Waals surface area contributed by atoms with Crippen molar-refractivity contribution in [2.24, 2.45) is 0 Å². The van der Waals surface area contributed by atoms with Crippen LogP contribution in [-0.4, -0.2) is 25.6 Å². The van der Waals surface area contributed by atoms with Gasteiger partial charge in [-0.05, 0) is 35.7 Å². The van der Waals surface area contributed by atoms with Crippen LogP contribution in [0.25, 0.3) is 10.2 Å². The Hall–Kier alpha value is -2.39. The third-order valence-corrected chi connectivity index (χ3v) is 6.06. The van der Waals surface area contributed by atoms with Crippen LogP contribution in [-0.2, 0) is 14.6 Å². The van der Waals surface area contributed by atoms with Crippen molar-refractivity contribution in [1.82, 2.24) is 4.98 Å². The van der Waals surface area contributed by atoms with E-state index in [0.29, 0.717) is 15.3 Å². The number of hydrogen-bond acceptors (Lipinski definition) is 5. The third kappa shape index (κ3) is 4.48. The molecular weight excluding hydrogens is 394 g/mol. The molecule has 9 heteroatoms. The molecule has 0 aliphatic carbocycles. The topological polar surface area (TPSA) is 76.1 Å². The molecule has 3 aromatic rings. The lowest BCUT2D eigenvalue weighted by Crippen LogP contribution is -2.14. The van der Waals surface area contributed by atoms with Gasteiger partial charge >= 0.3 is 0 Å². The van der Waals surface area contributed by atoms with Crippen molar-refractivity contribution in [1.29, 1.82) is 0 Å². The molecule has 1 N–H and O–H groups in total. The third-order valence-electron chi connectivity index (χ3n) is 4.02. The van der Waals surface area contributed by atoms with Gasteiger partial charge in [-0.15, -0.1) is 0 Å². The molecule has 0 saturated heterocycles. The number of sulfone groups is 1. The number of nitrogens with zero attached hydrogens (tertiary/aromatic N) is 1. The van der Waals surface area contributed by atoms with Crippen molar-refractivity contribution in [3.63, 3.8) is 0 Å². The fourth-order valence-electron chi connectivity index (χ4n) is 2.65. The fraction of sp³-hybridized carbons (Fsp3) is 0.222. The number of anilines is 1. The zero-order valence-electron chi connectivity index (χ0n) is 14.5. The summed E-state index contributed by atoms with van der Waals surface area (Å²) < 4.78 is 50.7. The Morgan fingerprint density at radius 1 is 1.22 bits per heavy atom. The maximum Gasteiger partial charge on any atom is 0.226 e. The van der Waals surface area contributed by atoms with Gasteiger partial charge in [-0.2, -0.15) is 0 Å². The van der Waals surface area contributed by atoms with Crippen LogP contribution in [0.4, 0.5) is 13.9 Å². The molecule has 0 saturated carbocycles. The van der Waals surface area contributed by atoms with Gasteiger partial charge in [-0.1, -0.05) is 24.3 Å². The number of nitrogens with one attached hydrogen (secondary N) is 1. The molecule has 0 radical (unpaired) electrons. The van der Waals surface area contributed by atoms with Gasteiger partial charge in [0.05, 0.1) is 15.1 Å². The van der Waals surface area contributed by atoms with Crippen molar-refractivity contribution in [2.75, 3.05) is 11.6 Å². The maximum atomic E-state index is 13.8. The van der Waals surface area contributed by atoms with Crippen LogP contribution in [0.5, 0.6) is 0 Å². The first-order chi connectivity index (χ1) is 12.6. The number of thiazole rings is 1. The first kappa shape index (κ1) is 19.4. The quantitative estimate of drug-likeness (QED) is 0.687. The first-order valence-electron chi connectivity index (χ1n) is 7.99. The Kier molecular flexibility index (Phi) is 5.25. The van der Waals surface area contributed by atoms with E-state index in [1.807, 2.05) is 0 Å².